The van der Waals surface area contributed by atoms with Crippen LogP contribution in [0, 0.1) is 0 Å². The van der Waals surface area contributed by atoms with Gasteiger partial charge in [0.15, 0.2) is 0 Å². The van der Waals surface area contributed by atoms with Crippen molar-refractivity contribution in [3.63, 3.8) is 0 Å². The third kappa shape index (κ3) is 1.53. The van der Waals surface area contributed by atoms with E-state index in [1.165, 1.54) is 11.1 Å². The summed E-state index contributed by atoms with van der Waals surface area (Å²) in [6.07, 6.45) is 4.73. The molecule has 0 amide bonds. The minimum atomic E-state index is 0.956. The van der Waals surface area contributed by atoms with Crippen LogP contribution in [-0.2, 0) is 6.42 Å². The number of benzene rings is 1. The topological polar surface area (TPSA) is 28.7 Å². The Morgan fingerprint density at radius 3 is 2.58 bits per heavy atom. The van der Waals surface area contributed by atoms with Crippen LogP contribution in [0.4, 0.5) is 0 Å². The van der Waals surface area contributed by atoms with Gasteiger partial charge in [0.2, 0.25) is 0 Å². The highest BCUT2D eigenvalue weighted by atomic mass is 15.1. The van der Waals surface area contributed by atoms with Crippen molar-refractivity contribution in [3.05, 3.63) is 53.9 Å². The number of aromatic nitrogens is 2. The van der Waals surface area contributed by atoms with Crippen molar-refractivity contribution in [1.29, 1.82) is 0 Å². The largest absolute Gasteiger partial charge is 0.285 e. The summed E-state index contributed by atoms with van der Waals surface area (Å²) in [4.78, 5) is 0. The summed E-state index contributed by atoms with van der Waals surface area (Å²) in [5.74, 6) is 0. The van der Waals surface area contributed by atoms with E-state index in [4.69, 9.17) is 0 Å². The van der Waals surface area contributed by atoms with Gasteiger partial charge in [0.1, 0.15) is 0 Å². The number of rotatable bonds is 2. The van der Waals surface area contributed by atoms with Gasteiger partial charge < -0.3 is 0 Å². The summed E-state index contributed by atoms with van der Waals surface area (Å²) >= 11 is 0. The lowest BCUT2D eigenvalue weighted by Crippen LogP contribution is -1.83. The van der Waals surface area contributed by atoms with Crippen molar-refractivity contribution in [1.82, 2.24) is 10.2 Å². The maximum Gasteiger partial charge on any atom is 0.0522 e. The van der Waals surface area contributed by atoms with Crippen LogP contribution in [0.2, 0.25) is 0 Å². The van der Waals surface area contributed by atoms with E-state index in [0.717, 1.165) is 6.42 Å². The van der Waals surface area contributed by atoms with Gasteiger partial charge in [-0.1, -0.05) is 30.3 Å². The molecule has 2 heteroatoms. The van der Waals surface area contributed by atoms with E-state index in [2.05, 4.69) is 34.5 Å². The normalized spacial score (nSPS) is 10.0. The Hall–Kier alpha value is -1.57. The van der Waals surface area contributed by atoms with Crippen LogP contribution in [0.15, 0.2) is 42.7 Å². The van der Waals surface area contributed by atoms with E-state index in [0.29, 0.717) is 0 Å². The van der Waals surface area contributed by atoms with E-state index >= 15 is 0 Å². The molecule has 0 spiro atoms. The van der Waals surface area contributed by atoms with E-state index in [1.807, 2.05) is 18.5 Å². The molecule has 0 fully saturated rings. The van der Waals surface area contributed by atoms with Crippen LogP contribution in [0.5, 0.6) is 0 Å². The first-order valence-electron chi connectivity index (χ1n) is 3.97. The Balaban J connectivity index is 2.15. The van der Waals surface area contributed by atoms with Crippen molar-refractivity contribution < 1.29 is 0 Å². The maximum absolute atomic E-state index is 3.89. The fraction of sp³-hybridized carbons (Fsp3) is 0.100. The van der Waals surface area contributed by atoms with E-state index < -0.39 is 0 Å². The summed E-state index contributed by atoms with van der Waals surface area (Å²) in [6, 6.07) is 10.4. The number of H-pyrrole nitrogens is 1. The van der Waals surface area contributed by atoms with E-state index in [1.54, 1.807) is 0 Å². The molecule has 1 aromatic carbocycles. The second kappa shape index (κ2) is 3.22. The summed E-state index contributed by atoms with van der Waals surface area (Å²) < 4.78 is 0. The predicted octanol–water partition coefficient (Wildman–Crippen LogP) is 2.00. The Labute approximate surface area is 71.3 Å². The average molecular weight is 158 g/mol. The summed E-state index contributed by atoms with van der Waals surface area (Å²) in [6.45, 7) is 0. The van der Waals surface area contributed by atoms with Crippen LogP contribution >= 0.6 is 0 Å². The first-order valence-corrected chi connectivity index (χ1v) is 3.97. The number of aromatic amines is 1. The fourth-order valence-corrected chi connectivity index (χ4v) is 1.21. The Bertz CT molecular complexity index is 324. The molecule has 0 saturated heterocycles. The van der Waals surface area contributed by atoms with E-state index in [9.17, 15) is 0 Å². The lowest BCUT2D eigenvalue weighted by molar-refractivity contribution is 1.09. The van der Waals surface area contributed by atoms with Gasteiger partial charge in [-0.3, -0.25) is 5.10 Å². The first kappa shape index (κ1) is 7.10. The monoisotopic (exact) mass is 158 g/mol. The van der Waals surface area contributed by atoms with Crippen LogP contribution in [-0.4, -0.2) is 10.2 Å². The molecule has 12 heavy (non-hydrogen) atoms. The molecule has 0 bridgehead atoms. The zero-order valence-corrected chi connectivity index (χ0v) is 6.70. The van der Waals surface area contributed by atoms with Gasteiger partial charge in [-0.15, -0.1) is 0 Å². The predicted molar refractivity (Wildman–Crippen MR) is 47.8 cm³/mol. The fourth-order valence-electron chi connectivity index (χ4n) is 1.21. The third-order valence-corrected chi connectivity index (χ3v) is 1.81. The Morgan fingerprint density at radius 2 is 1.92 bits per heavy atom. The molecule has 0 radical (unpaired) electrons. The molecule has 2 aromatic rings. The molecule has 0 aliphatic rings. The van der Waals surface area contributed by atoms with Crippen molar-refractivity contribution in [2.45, 2.75) is 6.42 Å². The van der Waals surface area contributed by atoms with Gasteiger partial charge in [-0.25, -0.2) is 0 Å². The smallest absolute Gasteiger partial charge is 0.0522 e. The molecule has 2 rings (SSSR count). The quantitative estimate of drug-likeness (QED) is 0.711. The second-order valence-corrected chi connectivity index (χ2v) is 2.77. The SMILES string of the molecule is c1ccc(Cc2cn[nH]c2)cc1. The highest BCUT2D eigenvalue weighted by Crippen LogP contribution is 2.06. The molecule has 0 aliphatic carbocycles. The Morgan fingerprint density at radius 1 is 1.08 bits per heavy atom. The summed E-state index contributed by atoms with van der Waals surface area (Å²) in [5.41, 5.74) is 2.54. The molecule has 0 atom stereocenters. The van der Waals surface area contributed by atoms with Crippen molar-refractivity contribution in [2.75, 3.05) is 0 Å². The maximum atomic E-state index is 3.89. The minimum absolute atomic E-state index is 0.956. The Kier molecular flexibility index (Phi) is 1.90. The van der Waals surface area contributed by atoms with Crippen LogP contribution in [0.25, 0.3) is 0 Å². The molecule has 60 valence electrons. The second-order valence-electron chi connectivity index (χ2n) is 2.77. The van der Waals surface area contributed by atoms with Gasteiger partial charge >= 0.3 is 0 Å². The van der Waals surface area contributed by atoms with Gasteiger partial charge in [0.25, 0.3) is 0 Å². The van der Waals surface area contributed by atoms with Crippen molar-refractivity contribution in [3.8, 4) is 0 Å². The van der Waals surface area contributed by atoms with Gasteiger partial charge in [-0.2, -0.15) is 5.10 Å². The van der Waals surface area contributed by atoms with Gasteiger partial charge in [0, 0.05) is 12.6 Å². The highest BCUT2D eigenvalue weighted by molar-refractivity contribution is 5.22. The van der Waals surface area contributed by atoms with Crippen LogP contribution in [0.1, 0.15) is 11.1 Å². The third-order valence-electron chi connectivity index (χ3n) is 1.81. The van der Waals surface area contributed by atoms with Gasteiger partial charge in [-0.05, 0) is 11.1 Å². The molecule has 0 saturated carbocycles. The summed E-state index contributed by atoms with van der Waals surface area (Å²) in [5, 5.41) is 6.69. The van der Waals surface area contributed by atoms with Crippen molar-refractivity contribution in [2.24, 2.45) is 0 Å². The standard InChI is InChI=1S/C10H10N2/c1-2-4-9(5-3-1)6-10-7-11-12-8-10/h1-5,7-8H,6H2,(H,11,12). The molecule has 1 heterocycles. The van der Waals surface area contributed by atoms with Crippen LogP contribution in [0.3, 0.4) is 0 Å². The lowest BCUT2D eigenvalue weighted by Gasteiger charge is -1.95. The molecule has 0 unspecified atom stereocenters. The number of hydrogen-bond donors (Lipinski definition) is 1. The minimum Gasteiger partial charge on any atom is -0.285 e. The average Bonchev–Trinajstić information content (AvgIpc) is 2.59. The molecule has 1 N–H and O–H groups in total. The first-order chi connectivity index (χ1) is 5.95. The van der Waals surface area contributed by atoms with E-state index in [-0.39, 0.29) is 0 Å². The summed E-state index contributed by atoms with van der Waals surface area (Å²) in [7, 11) is 0. The van der Waals surface area contributed by atoms with Crippen LogP contribution < -0.4 is 0 Å². The lowest BCUT2D eigenvalue weighted by atomic mass is 10.1. The zero-order chi connectivity index (χ0) is 8.23. The molecular formula is C10H10N2. The van der Waals surface area contributed by atoms with Crippen molar-refractivity contribution >= 4 is 0 Å². The molecular weight excluding hydrogens is 148 g/mol. The van der Waals surface area contributed by atoms with Gasteiger partial charge in [0.05, 0.1) is 6.20 Å². The zero-order valence-electron chi connectivity index (χ0n) is 6.70. The molecule has 1 aromatic heterocycles. The number of nitrogens with one attached hydrogen (secondary N) is 1. The number of hydrogen-bond acceptors (Lipinski definition) is 1. The number of nitrogens with zero attached hydrogens (tertiary/aromatic N) is 1. The molecule has 0 aliphatic heterocycles. The highest BCUT2D eigenvalue weighted by Gasteiger charge is 1.94. The molecule has 2 nitrogen and oxygen atoms in total.